The fourth-order valence-corrected chi connectivity index (χ4v) is 2.68. The molecule has 0 aliphatic rings. The van der Waals surface area contributed by atoms with Gasteiger partial charge in [-0.3, -0.25) is 4.79 Å². The molecule has 1 amide bonds. The molecule has 0 spiro atoms. The van der Waals surface area contributed by atoms with E-state index in [-0.39, 0.29) is 17.2 Å². The molecule has 0 atom stereocenters. The van der Waals surface area contributed by atoms with Crippen LogP contribution < -0.4 is 21.5 Å². The second kappa shape index (κ2) is 7.11. The summed E-state index contributed by atoms with van der Waals surface area (Å²) in [6.45, 7) is 2.50. The molecular formula is C12H20N4O3S. The van der Waals surface area contributed by atoms with Crippen LogP contribution >= 0.6 is 0 Å². The van der Waals surface area contributed by atoms with Gasteiger partial charge in [0.2, 0.25) is 15.9 Å². The number of nitrogen functional groups attached to an aromatic ring is 1. The number of rotatable bonds is 8. The Kier molecular flexibility index (Phi) is 5.78. The van der Waals surface area contributed by atoms with Crippen LogP contribution in [0, 0.1) is 0 Å². The van der Waals surface area contributed by atoms with Crippen LogP contribution in [-0.4, -0.2) is 27.4 Å². The van der Waals surface area contributed by atoms with Crippen LogP contribution in [0.1, 0.15) is 19.8 Å². The first-order chi connectivity index (χ1) is 9.36. The normalized spacial score (nSPS) is 11.2. The van der Waals surface area contributed by atoms with Gasteiger partial charge in [0.25, 0.3) is 0 Å². The van der Waals surface area contributed by atoms with E-state index in [2.05, 4.69) is 10.0 Å². The van der Waals surface area contributed by atoms with Crippen LogP contribution in [0.4, 0.5) is 11.4 Å². The number of primary amides is 1. The van der Waals surface area contributed by atoms with E-state index >= 15 is 0 Å². The van der Waals surface area contributed by atoms with Crippen molar-refractivity contribution in [3.8, 4) is 0 Å². The van der Waals surface area contributed by atoms with E-state index < -0.39 is 10.0 Å². The van der Waals surface area contributed by atoms with Crippen molar-refractivity contribution >= 4 is 27.3 Å². The summed E-state index contributed by atoms with van der Waals surface area (Å²) in [4.78, 5) is 10.8. The summed E-state index contributed by atoms with van der Waals surface area (Å²) in [6.07, 6.45) is 0.821. The summed E-state index contributed by atoms with van der Waals surface area (Å²) >= 11 is 0. The van der Waals surface area contributed by atoms with Crippen LogP contribution in [-0.2, 0) is 14.8 Å². The van der Waals surface area contributed by atoms with Gasteiger partial charge in [-0.1, -0.05) is 6.92 Å². The molecule has 0 fully saturated rings. The SMILES string of the molecule is CCNS(=O)(=O)c1ccc(N)c(NCCCC(N)=O)c1. The number of benzene rings is 1. The molecule has 6 N–H and O–H groups in total. The maximum absolute atomic E-state index is 11.9. The molecule has 1 aromatic carbocycles. The van der Waals surface area contributed by atoms with E-state index in [1.165, 1.54) is 18.2 Å². The molecule has 0 bridgehead atoms. The number of nitrogens with two attached hydrogens (primary N) is 2. The fourth-order valence-electron chi connectivity index (χ4n) is 1.61. The zero-order valence-electron chi connectivity index (χ0n) is 11.3. The molecule has 7 nitrogen and oxygen atoms in total. The summed E-state index contributed by atoms with van der Waals surface area (Å²) in [7, 11) is -3.51. The lowest BCUT2D eigenvalue weighted by Crippen LogP contribution is -2.23. The van der Waals surface area contributed by atoms with Gasteiger partial charge in [-0.25, -0.2) is 13.1 Å². The zero-order valence-corrected chi connectivity index (χ0v) is 12.2. The minimum absolute atomic E-state index is 0.144. The lowest BCUT2D eigenvalue weighted by Gasteiger charge is -2.11. The van der Waals surface area contributed by atoms with E-state index in [0.29, 0.717) is 30.9 Å². The Morgan fingerprint density at radius 1 is 1.35 bits per heavy atom. The number of hydrogen-bond donors (Lipinski definition) is 4. The molecule has 0 aliphatic heterocycles. The van der Waals surface area contributed by atoms with E-state index in [4.69, 9.17) is 11.5 Å². The molecule has 0 heterocycles. The maximum Gasteiger partial charge on any atom is 0.240 e. The first-order valence-electron chi connectivity index (χ1n) is 6.28. The highest BCUT2D eigenvalue weighted by Gasteiger charge is 2.14. The number of anilines is 2. The standard InChI is InChI=1S/C12H20N4O3S/c1-2-16-20(18,19)9-5-6-10(13)11(8-9)15-7-3-4-12(14)17/h5-6,8,15-16H,2-4,7,13H2,1H3,(H2,14,17). The molecule has 1 rings (SSSR count). The van der Waals surface area contributed by atoms with Crippen LogP contribution in [0.25, 0.3) is 0 Å². The molecule has 1 aromatic rings. The first kappa shape index (κ1) is 16.3. The molecular weight excluding hydrogens is 280 g/mol. The van der Waals surface area contributed by atoms with E-state index in [1.807, 2.05) is 0 Å². The predicted octanol–water partition coefficient (Wildman–Crippen LogP) is 0.244. The summed E-state index contributed by atoms with van der Waals surface area (Å²) in [5, 5.41) is 3.00. The second-order valence-corrected chi connectivity index (χ2v) is 6.01. The zero-order chi connectivity index (χ0) is 15.2. The van der Waals surface area contributed by atoms with Gasteiger partial charge in [0.1, 0.15) is 0 Å². The number of nitrogens with one attached hydrogen (secondary N) is 2. The highest BCUT2D eigenvalue weighted by Crippen LogP contribution is 2.22. The van der Waals surface area contributed by atoms with Crippen molar-refractivity contribution in [2.24, 2.45) is 5.73 Å². The number of hydrogen-bond acceptors (Lipinski definition) is 5. The highest BCUT2D eigenvalue weighted by atomic mass is 32.2. The van der Waals surface area contributed by atoms with Crippen molar-refractivity contribution in [1.29, 1.82) is 0 Å². The first-order valence-corrected chi connectivity index (χ1v) is 7.76. The largest absolute Gasteiger partial charge is 0.397 e. The third kappa shape index (κ3) is 4.71. The van der Waals surface area contributed by atoms with Gasteiger partial charge in [-0.2, -0.15) is 0 Å². The Morgan fingerprint density at radius 2 is 2.05 bits per heavy atom. The Morgan fingerprint density at radius 3 is 2.65 bits per heavy atom. The minimum atomic E-state index is -3.51. The number of carbonyl (C=O) groups is 1. The van der Waals surface area contributed by atoms with Crippen LogP contribution in [0.2, 0.25) is 0 Å². The number of carbonyl (C=O) groups excluding carboxylic acids is 1. The molecule has 20 heavy (non-hydrogen) atoms. The summed E-state index contributed by atoms with van der Waals surface area (Å²) in [5.41, 5.74) is 11.8. The maximum atomic E-state index is 11.9. The lowest BCUT2D eigenvalue weighted by atomic mass is 10.2. The smallest absolute Gasteiger partial charge is 0.240 e. The van der Waals surface area contributed by atoms with Gasteiger partial charge in [0, 0.05) is 19.5 Å². The third-order valence-electron chi connectivity index (χ3n) is 2.58. The van der Waals surface area contributed by atoms with Crippen molar-refractivity contribution in [2.45, 2.75) is 24.7 Å². The molecule has 0 unspecified atom stereocenters. The van der Waals surface area contributed by atoms with Gasteiger partial charge in [-0.05, 0) is 24.6 Å². The highest BCUT2D eigenvalue weighted by molar-refractivity contribution is 7.89. The minimum Gasteiger partial charge on any atom is -0.397 e. The van der Waals surface area contributed by atoms with E-state index in [1.54, 1.807) is 6.92 Å². The molecule has 112 valence electrons. The van der Waals surface area contributed by atoms with Crippen LogP contribution in [0.5, 0.6) is 0 Å². The second-order valence-electron chi connectivity index (χ2n) is 4.25. The number of amides is 1. The van der Waals surface area contributed by atoms with Crippen molar-refractivity contribution in [2.75, 3.05) is 24.1 Å². The summed E-state index contributed by atoms with van der Waals surface area (Å²) in [5.74, 6) is -0.372. The van der Waals surface area contributed by atoms with Crippen LogP contribution in [0.15, 0.2) is 23.1 Å². The molecule has 0 aliphatic carbocycles. The monoisotopic (exact) mass is 300 g/mol. The third-order valence-corrected chi connectivity index (χ3v) is 4.13. The van der Waals surface area contributed by atoms with Crippen molar-refractivity contribution < 1.29 is 13.2 Å². The Hall–Kier alpha value is -1.80. The molecule has 8 heteroatoms. The van der Waals surface area contributed by atoms with Crippen molar-refractivity contribution in [3.63, 3.8) is 0 Å². The predicted molar refractivity (Wildman–Crippen MR) is 78.6 cm³/mol. The average Bonchev–Trinajstić information content (AvgIpc) is 2.36. The van der Waals surface area contributed by atoms with Gasteiger partial charge < -0.3 is 16.8 Å². The Labute approximate surface area is 118 Å². The average molecular weight is 300 g/mol. The lowest BCUT2D eigenvalue weighted by molar-refractivity contribution is -0.118. The molecule has 0 radical (unpaired) electrons. The van der Waals surface area contributed by atoms with Gasteiger partial charge in [0.05, 0.1) is 16.3 Å². The van der Waals surface area contributed by atoms with Gasteiger partial charge >= 0.3 is 0 Å². The van der Waals surface area contributed by atoms with Gasteiger partial charge in [-0.15, -0.1) is 0 Å². The summed E-state index contributed by atoms with van der Waals surface area (Å²) < 4.78 is 26.2. The topological polar surface area (TPSA) is 127 Å². The van der Waals surface area contributed by atoms with E-state index in [0.717, 1.165) is 0 Å². The van der Waals surface area contributed by atoms with Crippen molar-refractivity contribution in [1.82, 2.24) is 4.72 Å². The van der Waals surface area contributed by atoms with E-state index in [9.17, 15) is 13.2 Å². The Bertz CT molecular complexity index is 572. The molecule has 0 saturated carbocycles. The van der Waals surface area contributed by atoms with Crippen molar-refractivity contribution in [3.05, 3.63) is 18.2 Å². The number of sulfonamides is 1. The fraction of sp³-hybridized carbons (Fsp3) is 0.417. The molecule has 0 aromatic heterocycles. The Balaban J connectivity index is 2.79. The summed E-state index contributed by atoms with van der Waals surface area (Å²) in [6, 6.07) is 4.44. The van der Waals surface area contributed by atoms with Gasteiger partial charge in [0.15, 0.2) is 0 Å². The quantitative estimate of drug-likeness (QED) is 0.404. The molecule has 0 saturated heterocycles. The van der Waals surface area contributed by atoms with Crippen LogP contribution in [0.3, 0.4) is 0 Å².